The average molecular weight is 242 g/mol. The number of hydrogen-bond donors (Lipinski definition) is 1. The van der Waals surface area contributed by atoms with Gasteiger partial charge in [-0.1, -0.05) is 18.2 Å². The van der Waals surface area contributed by atoms with E-state index in [2.05, 4.69) is 4.98 Å². The van der Waals surface area contributed by atoms with Gasteiger partial charge in [-0.15, -0.1) is 0 Å². The Kier molecular flexibility index (Phi) is 3.57. The van der Waals surface area contributed by atoms with Crippen molar-refractivity contribution in [1.29, 1.82) is 0 Å². The number of nitrogens with zero attached hydrogens (tertiary/aromatic N) is 2. The van der Waals surface area contributed by atoms with Crippen LogP contribution in [0.1, 0.15) is 17.3 Å². The summed E-state index contributed by atoms with van der Waals surface area (Å²) in [7, 11) is 0. The van der Waals surface area contributed by atoms with Gasteiger partial charge in [-0.25, -0.2) is 4.79 Å². The molecule has 2 rings (SSSR count). The molecule has 0 radical (unpaired) electrons. The lowest BCUT2D eigenvalue weighted by Crippen LogP contribution is -2.19. The molecule has 1 N–H and O–H groups in total. The van der Waals surface area contributed by atoms with Gasteiger partial charge in [0.1, 0.15) is 5.56 Å². The minimum Gasteiger partial charge on any atom is -0.478 e. The van der Waals surface area contributed by atoms with Gasteiger partial charge in [0.2, 0.25) is 0 Å². The van der Waals surface area contributed by atoms with Crippen LogP contribution in [0.2, 0.25) is 0 Å². The van der Waals surface area contributed by atoms with Gasteiger partial charge in [0.25, 0.3) is 0 Å². The summed E-state index contributed by atoms with van der Waals surface area (Å²) < 4.78 is 0. The molecular weight excluding hydrogens is 228 g/mol. The molecule has 4 heteroatoms. The summed E-state index contributed by atoms with van der Waals surface area (Å²) in [4.78, 5) is 17.0. The molecule has 18 heavy (non-hydrogen) atoms. The summed E-state index contributed by atoms with van der Waals surface area (Å²) >= 11 is 0. The third kappa shape index (κ3) is 2.32. The zero-order chi connectivity index (χ0) is 13.0. The first-order valence-corrected chi connectivity index (χ1v) is 5.74. The van der Waals surface area contributed by atoms with Crippen molar-refractivity contribution in [3.05, 3.63) is 54.4 Å². The van der Waals surface area contributed by atoms with E-state index in [1.165, 1.54) is 6.20 Å². The molecule has 0 fully saturated rings. The van der Waals surface area contributed by atoms with Gasteiger partial charge in [-0.05, 0) is 25.1 Å². The molecule has 0 saturated carbocycles. The lowest BCUT2D eigenvalue weighted by Gasteiger charge is -2.24. The average Bonchev–Trinajstić information content (AvgIpc) is 2.41. The Balaban J connectivity index is 2.49. The predicted octanol–water partition coefficient (Wildman–Crippen LogP) is 2.94. The number of rotatable bonds is 4. The predicted molar refractivity (Wildman–Crippen MR) is 70.3 cm³/mol. The van der Waals surface area contributed by atoms with Crippen LogP contribution in [-0.4, -0.2) is 22.6 Å². The highest BCUT2D eigenvalue weighted by Crippen LogP contribution is 2.27. The molecule has 0 amide bonds. The lowest BCUT2D eigenvalue weighted by molar-refractivity contribution is 0.0697. The summed E-state index contributed by atoms with van der Waals surface area (Å²) in [5.74, 6) is -0.965. The Morgan fingerprint density at radius 1 is 1.28 bits per heavy atom. The number of carbonyl (C=O) groups is 1. The molecule has 0 atom stereocenters. The normalized spacial score (nSPS) is 10.1. The first-order valence-electron chi connectivity index (χ1n) is 5.74. The molecule has 0 spiro atoms. The van der Waals surface area contributed by atoms with Crippen molar-refractivity contribution in [2.24, 2.45) is 0 Å². The van der Waals surface area contributed by atoms with Crippen LogP contribution in [0.25, 0.3) is 0 Å². The molecule has 0 unspecified atom stereocenters. The highest BCUT2D eigenvalue weighted by atomic mass is 16.4. The molecule has 1 aromatic heterocycles. The minimum atomic E-state index is -0.965. The Labute approximate surface area is 106 Å². The highest BCUT2D eigenvalue weighted by Gasteiger charge is 2.15. The summed E-state index contributed by atoms with van der Waals surface area (Å²) in [6.45, 7) is 2.67. The zero-order valence-electron chi connectivity index (χ0n) is 10.1. The smallest absolute Gasteiger partial charge is 0.339 e. The standard InChI is InChI=1S/C14H14N2O2/c1-2-16(11-6-4-3-5-7-11)13-8-9-15-10-12(13)14(17)18/h3-10H,2H2,1H3,(H,17,18). The number of para-hydroxylation sites is 1. The number of anilines is 2. The van der Waals surface area contributed by atoms with Crippen molar-refractivity contribution < 1.29 is 9.90 Å². The fraction of sp³-hybridized carbons (Fsp3) is 0.143. The first-order chi connectivity index (χ1) is 8.74. The number of aromatic carboxylic acids is 1. The van der Waals surface area contributed by atoms with Crippen molar-refractivity contribution in [1.82, 2.24) is 4.98 Å². The molecule has 0 saturated heterocycles. The van der Waals surface area contributed by atoms with Crippen LogP contribution in [0.5, 0.6) is 0 Å². The van der Waals surface area contributed by atoms with E-state index >= 15 is 0 Å². The zero-order valence-corrected chi connectivity index (χ0v) is 10.1. The Morgan fingerprint density at radius 2 is 2.00 bits per heavy atom. The fourth-order valence-corrected chi connectivity index (χ4v) is 1.89. The van der Waals surface area contributed by atoms with Crippen molar-refractivity contribution in [2.75, 3.05) is 11.4 Å². The SMILES string of the molecule is CCN(c1ccccc1)c1ccncc1C(=O)O. The molecule has 0 bridgehead atoms. The third-order valence-corrected chi connectivity index (χ3v) is 2.70. The number of carboxylic acids is 1. The van der Waals surface area contributed by atoms with Gasteiger partial charge in [-0.3, -0.25) is 4.98 Å². The molecule has 0 aliphatic heterocycles. The number of carboxylic acid groups (broad SMARTS) is 1. The maximum absolute atomic E-state index is 11.2. The van der Waals surface area contributed by atoms with E-state index in [-0.39, 0.29) is 5.56 Å². The van der Waals surface area contributed by atoms with E-state index in [4.69, 9.17) is 0 Å². The Bertz CT molecular complexity index is 541. The second-order valence-corrected chi connectivity index (χ2v) is 3.78. The van der Waals surface area contributed by atoms with E-state index in [9.17, 15) is 9.90 Å². The van der Waals surface area contributed by atoms with E-state index in [0.29, 0.717) is 12.2 Å². The largest absolute Gasteiger partial charge is 0.478 e. The quantitative estimate of drug-likeness (QED) is 0.895. The van der Waals surface area contributed by atoms with Crippen molar-refractivity contribution in [3.63, 3.8) is 0 Å². The number of aromatic nitrogens is 1. The number of benzene rings is 1. The Morgan fingerprint density at radius 3 is 2.61 bits per heavy atom. The summed E-state index contributed by atoms with van der Waals surface area (Å²) in [5, 5.41) is 9.19. The summed E-state index contributed by atoms with van der Waals surface area (Å²) in [5.41, 5.74) is 1.84. The van der Waals surface area contributed by atoms with Gasteiger partial charge in [0.15, 0.2) is 0 Å². The lowest BCUT2D eigenvalue weighted by atomic mass is 10.2. The molecule has 1 heterocycles. The molecular formula is C14H14N2O2. The van der Waals surface area contributed by atoms with Crippen molar-refractivity contribution >= 4 is 17.3 Å². The Hall–Kier alpha value is -2.36. The topological polar surface area (TPSA) is 53.4 Å². The van der Waals surface area contributed by atoms with Crippen LogP contribution in [-0.2, 0) is 0 Å². The third-order valence-electron chi connectivity index (χ3n) is 2.70. The highest BCUT2D eigenvalue weighted by molar-refractivity contribution is 5.95. The maximum Gasteiger partial charge on any atom is 0.339 e. The van der Waals surface area contributed by atoms with E-state index in [0.717, 1.165) is 5.69 Å². The molecule has 4 nitrogen and oxygen atoms in total. The van der Waals surface area contributed by atoms with Crippen LogP contribution in [0.15, 0.2) is 48.8 Å². The van der Waals surface area contributed by atoms with E-state index in [1.807, 2.05) is 42.2 Å². The van der Waals surface area contributed by atoms with Gasteiger partial charge in [0, 0.05) is 24.6 Å². The summed E-state index contributed by atoms with van der Waals surface area (Å²) in [6, 6.07) is 11.4. The van der Waals surface area contributed by atoms with Crippen molar-refractivity contribution in [3.8, 4) is 0 Å². The first kappa shape index (κ1) is 12.1. The molecule has 0 aliphatic rings. The van der Waals surface area contributed by atoms with Crippen LogP contribution < -0.4 is 4.90 Å². The maximum atomic E-state index is 11.2. The van der Waals surface area contributed by atoms with Gasteiger partial charge in [-0.2, -0.15) is 0 Å². The second kappa shape index (κ2) is 5.31. The van der Waals surface area contributed by atoms with Gasteiger partial charge < -0.3 is 10.0 Å². The molecule has 1 aromatic carbocycles. The van der Waals surface area contributed by atoms with Gasteiger partial charge >= 0.3 is 5.97 Å². The van der Waals surface area contributed by atoms with Crippen LogP contribution in [0, 0.1) is 0 Å². The van der Waals surface area contributed by atoms with E-state index in [1.54, 1.807) is 12.3 Å². The fourth-order valence-electron chi connectivity index (χ4n) is 1.89. The van der Waals surface area contributed by atoms with Gasteiger partial charge in [0.05, 0.1) is 5.69 Å². The van der Waals surface area contributed by atoms with Crippen LogP contribution in [0.3, 0.4) is 0 Å². The van der Waals surface area contributed by atoms with Crippen LogP contribution >= 0.6 is 0 Å². The second-order valence-electron chi connectivity index (χ2n) is 3.78. The number of pyridine rings is 1. The van der Waals surface area contributed by atoms with Crippen LogP contribution in [0.4, 0.5) is 11.4 Å². The molecule has 92 valence electrons. The molecule has 0 aliphatic carbocycles. The van der Waals surface area contributed by atoms with E-state index < -0.39 is 5.97 Å². The summed E-state index contributed by atoms with van der Waals surface area (Å²) in [6.07, 6.45) is 2.98. The number of hydrogen-bond acceptors (Lipinski definition) is 3. The minimum absolute atomic E-state index is 0.211. The van der Waals surface area contributed by atoms with Crippen molar-refractivity contribution in [2.45, 2.75) is 6.92 Å². The molecule has 2 aromatic rings. The monoisotopic (exact) mass is 242 g/mol.